The third-order valence-electron chi connectivity index (χ3n) is 3.30. The van der Waals surface area contributed by atoms with E-state index in [1.807, 2.05) is 0 Å². The minimum absolute atomic E-state index is 0.0157. The molecule has 7 heteroatoms. The molecule has 0 aliphatic rings. The van der Waals surface area contributed by atoms with Gasteiger partial charge in [0, 0.05) is 17.5 Å². The number of aliphatic hydroxyl groups is 1. The molecule has 2 rings (SSSR count). The number of benzene rings is 1. The van der Waals surface area contributed by atoms with E-state index < -0.39 is 17.7 Å². The molecule has 0 radical (unpaired) electrons. The van der Waals surface area contributed by atoms with Crippen LogP contribution in [0.3, 0.4) is 0 Å². The first-order valence-electron chi connectivity index (χ1n) is 6.88. The predicted octanol–water partition coefficient (Wildman–Crippen LogP) is 3.29. The molecule has 2 N–H and O–H groups in total. The summed E-state index contributed by atoms with van der Waals surface area (Å²) in [5.74, 6) is -0.695. The highest BCUT2D eigenvalue weighted by molar-refractivity contribution is 5.99. The number of aromatic amines is 1. The summed E-state index contributed by atoms with van der Waals surface area (Å²) in [6.07, 6.45) is -4.12. The van der Waals surface area contributed by atoms with Crippen LogP contribution >= 0.6 is 0 Å². The maximum absolute atomic E-state index is 13.2. The fraction of sp³-hybridized carbons (Fsp3) is 0.400. The van der Waals surface area contributed by atoms with E-state index in [0.717, 1.165) is 6.07 Å². The molecule has 0 atom stereocenters. The Kier molecular flexibility index (Phi) is 4.75. The van der Waals surface area contributed by atoms with E-state index >= 15 is 0 Å². The van der Waals surface area contributed by atoms with Gasteiger partial charge in [-0.15, -0.1) is 0 Å². The van der Waals surface area contributed by atoms with E-state index in [0.29, 0.717) is 0 Å². The lowest BCUT2D eigenvalue weighted by atomic mass is 10.0. The Balaban J connectivity index is 2.68. The van der Waals surface area contributed by atoms with Gasteiger partial charge in [0.1, 0.15) is 5.69 Å². The van der Waals surface area contributed by atoms with Crippen LogP contribution in [0, 0.1) is 0 Å². The Labute approximate surface area is 124 Å². The average molecular weight is 315 g/mol. The lowest BCUT2D eigenvalue weighted by Gasteiger charge is -2.10. The zero-order valence-corrected chi connectivity index (χ0v) is 12.0. The zero-order valence-electron chi connectivity index (χ0n) is 12.0. The molecule has 2 aromatic rings. The molecule has 1 aromatic carbocycles. The van der Waals surface area contributed by atoms with Crippen molar-refractivity contribution < 1.29 is 27.8 Å². The van der Waals surface area contributed by atoms with Crippen molar-refractivity contribution in [2.45, 2.75) is 25.9 Å². The van der Waals surface area contributed by atoms with Crippen molar-refractivity contribution in [3.63, 3.8) is 0 Å². The van der Waals surface area contributed by atoms with Crippen LogP contribution in [0.5, 0.6) is 0 Å². The van der Waals surface area contributed by atoms with Gasteiger partial charge in [-0.05, 0) is 37.5 Å². The van der Waals surface area contributed by atoms with Gasteiger partial charge in [-0.3, -0.25) is 0 Å². The molecule has 1 heterocycles. The molecule has 1 aromatic heterocycles. The number of hydrogen-bond acceptors (Lipinski definition) is 3. The van der Waals surface area contributed by atoms with E-state index in [4.69, 9.17) is 9.84 Å². The molecule has 0 aliphatic heterocycles. The first-order valence-corrected chi connectivity index (χ1v) is 6.88. The van der Waals surface area contributed by atoms with Crippen LogP contribution in [-0.4, -0.2) is 29.3 Å². The maximum Gasteiger partial charge on any atom is 0.417 e. The summed E-state index contributed by atoms with van der Waals surface area (Å²) in [5.41, 5.74) is -0.326. The number of rotatable bonds is 5. The molecule has 0 saturated carbocycles. The Morgan fingerprint density at radius 1 is 1.36 bits per heavy atom. The van der Waals surface area contributed by atoms with E-state index in [2.05, 4.69) is 4.98 Å². The molecule has 0 aliphatic carbocycles. The Morgan fingerprint density at radius 2 is 2.09 bits per heavy atom. The number of esters is 1. The van der Waals surface area contributed by atoms with Crippen LogP contribution in [0.25, 0.3) is 10.9 Å². The number of nitrogens with one attached hydrogen (secondary N) is 1. The Bertz CT molecular complexity index is 676. The summed E-state index contributed by atoms with van der Waals surface area (Å²) in [7, 11) is 0. The molecule has 120 valence electrons. The minimum atomic E-state index is -4.53. The molecule has 0 amide bonds. The first-order chi connectivity index (χ1) is 10.4. The second kappa shape index (κ2) is 6.39. The van der Waals surface area contributed by atoms with E-state index in [1.54, 1.807) is 6.92 Å². The fourth-order valence-electron chi connectivity index (χ4n) is 2.44. The summed E-state index contributed by atoms with van der Waals surface area (Å²) < 4.78 is 44.5. The van der Waals surface area contributed by atoms with Gasteiger partial charge in [0.2, 0.25) is 0 Å². The molecule has 4 nitrogen and oxygen atoms in total. The van der Waals surface area contributed by atoms with Gasteiger partial charge in [0.15, 0.2) is 0 Å². The largest absolute Gasteiger partial charge is 0.461 e. The highest BCUT2D eigenvalue weighted by Gasteiger charge is 2.35. The van der Waals surface area contributed by atoms with Crippen LogP contribution in [0.15, 0.2) is 18.2 Å². The molecule has 0 saturated heterocycles. The van der Waals surface area contributed by atoms with Crippen LogP contribution < -0.4 is 0 Å². The van der Waals surface area contributed by atoms with Gasteiger partial charge in [-0.25, -0.2) is 4.79 Å². The van der Waals surface area contributed by atoms with Gasteiger partial charge < -0.3 is 14.8 Å². The molecule has 0 spiro atoms. The second-order valence-corrected chi connectivity index (χ2v) is 4.75. The van der Waals surface area contributed by atoms with E-state index in [-0.39, 0.29) is 48.2 Å². The van der Waals surface area contributed by atoms with Gasteiger partial charge >= 0.3 is 12.1 Å². The fourth-order valence-corrected chi connectivity index (χ4v) is 2.44. The number of fused-ring (bicyclic) bond motifs is 1. The van der Waals surface area contributed by atoms with Crippen LogP contribution in [0.2, 0.25) is 0 Å². The van der Waals surface area contributed by atoms with Crippen molar-refractivity contribution in [3.8, 4) is 0 Å². The number of aryl methyl sites for hydroxylation is 1. The van der Waals surface area contributed by atoms with Gasteiger partial charge in [0.25, 0.3) is 0 Å². The standard InChI is InChI=1S/C15H16F3NO3/c1-2-22-14(21)13-9(5-4-8-20)12-10(15(16,17)18)6-3-7-11(12)19-13/h3,6-7,19-20H,2,4-5,8H2,1H3. The topological polar surface area (TPSA) is 62.3 Å². The number of carbonyl (C=O) groups excluding carboxylic acids is 1. The van der Waals surface area contributed by atoms with E-state index in [9.17, 15) is 18.0 Å². The Hall–Kier alpha value is -2.02. The van der Waals surface area contributed by atoms with Crippen LogP contribution in [0.1, 0.15) is 35.0 Å². The van der Waals surface area contributed by atoms with Gasteiger partial charge in [-0.2, -0.15) is 13.2 Å². The smallest absolute Gasteiger partial charge is 0.417 e. The number of aliphatic hydroxyl groups excluding tert-OH is 1. The predicted molar refractivity (Wildman–Crippen MR) is 74.7 cm³/mol. The SMILES string of the molecule is CCOC(=O)c1[nH]c2cccc(C(F)(F)F)c2c1CCCO. The normalized spacial score (nSPS) is 11.9. The number of carbonyl (C=O) groups is 1. The lowest BCUT2D eigenvalue weighted by molar-refractivity contribution is -0.136. The van der Waals surface area contributed by atoms with Crippen LogP contribution in [-0.2, 0) is 17.3 Å². The molecule has 22 heavy (non-hydrogen) atoms. The highest BCUT2D eigenvalue weighted by atomic mass is 19.4. The number of H-pyrrole nitrogens is 1. The number of alkyl halides is 3. The van der Waals surface area contributed by atoms with Crippen molar-refractivity contribution >= 4 is 16.9 Å². The molecular weight excluding hydrogens is 299 g/mol. The third kappa shape index (κ3) is 3.09. The summed E-state index contributed by atoms with van der Waals surface area (Å²) in [6.45, 7) is 1.57. The lowest BCUT2D eigenvalue weighted by Crippen LogP contribution is -2.09. The van der Waals surface area contributed by atoms with Crippen molar-refractivity contribution in [3.05, 3.63) is 35.0 Å². The summed E-state index contributed by atoms with van der Waals surface area (Å²) in [4.78, 5) is 14.7. The zero-order chi connectivity index (χ0) is 16.3. The second-order valence-electron chi connectivity index (χ2n) is 4.75. The highest BCUT2D eigenvalue weighted by Crippen LogP contribution is 2.38. The monoisotopic (exact) mass is 315 g/mol. The molecular formula is C15H16F3NO3. The third-order valence-corrected chi connectivity index (χ3v) is 3.30. The maximum atomic E-state index is 13.2. The van der Waals surface area contributed by atoms with Gasteiger partial charge in [-0.1, -0.05) is 6.07 Å². The van der Waals surface area contributed by atoms with Crippen molar-refractivity contribution in [2.24, 2.45) is 0 Å². The van der Waals surface area contributed by atoms with Gasteiger partial charge in [0.05, 0.1) is 12.2 Å². The minimum Gasteiger partial charge on any atom is -0.461 e. The number of hydrogen-bond donors (Lipinski definition) is 2. The van der Waals surface area contributed by atoms with Crippen molar-refractivity contribution in [1.82, 2.24) is 4.98 Å². The van der Waals surface area contributed by atoms with Crippen molar-refractivity contribution in [2.75, 3.05) is 13.2 Å². The average Bonchev–Trinajstić information content (AvgIpc) is 2.82. The van der Waals surface area contributed by atoms with E-state index in [1.165, 1.54) is 12.1 Å². The Morgan fingerprint density at radius 3 is 2.68 bits per heavy atom. The van der Waals surface area contributed by atoms with Crippen molar-refractivity contribution in [1.29, 1.82) is 0 Å². The number of halogens is 3. The molecule has 0 bridgehead atoms. The summed E-state index contributed by atoms with van der Waals surface area (Å²) in [6, 6.07) is 3.75. The number of ether oxygens (including phenoxy) is 1. The quantitative estimate of drug-likeness (QED) is 0.832. The van der Waals surface area contributed by atoms with Crippen LogP contribution in [0.4, 0.5) is 13.2 Å². The summed E-state index contributed by atoms with van der Waals surface area (Å²) in [5, 5.41) is 8.91. The number of aromatic nitrogens is 1. The molecule has 0 unspecified atom stereocenters. The summed E-state index contributed by atoms with van der Waals surface area (Å²) >= 11 is 0. The first kappa shape index (κ1) is 16.4. The molecule has 0 fully saturated rings.